The van der Waals surface area contributed by atoms with E-state index in [0.717, 1.165) is 28.7 Å². The first-order valence-electron chi connectivity index (χ1n) is 11.5. The Morgan fingerprint density at radius 3 is 2.00 bits per heavy atom. The van der Waals surface area contributed by atoms with Crippen LogP contribution in [0.5, 0.6) is 0 Å². The second-order valence-corrected chi connectivity index (χ2v) is 8.60. The summed E-state index contributed by atoms with van der Waals surface area (Å²) in [5.74, 6) is 14.1. The molecule has 1 aliphatic carbocycles. The third-order valence-corrected chi connectivity index (χ3v) is 6.11. The van der Waals surface area contributed by atoms with Crippen molar-refractivity contribution in [3.8, 4) is 23.7 Å². The van der Waals surface area contributed by atoms with Gasteiger partial charge in [0.1, 0.15) is 0 Å². The molecule has 3 aromatic carbocycles. The molecule has 0 aliphatic heterocycles. The van der Waals surface area contributed by atoms with Crippen LogP contribution >= 0.6 is 0 Å². The highest BCUT2D eigenvalue weighted by Gasteiger charge is 2.22. The molecular weight excluding hydrogens is 372 g/mol. The van der Waals surface area contributed by atoms with Crippen LogP contribution in [-0.4, -0.2) is 0 Å². The van der Waals surface area contributed by atoms with Gasteiger partial charge < -0.3 is 0 Å². The normalized spacial score (nSPS) is 12.8. The van der Waals surface area contributed by atoms with Gasteiger partial charge in [0.2, 0.25) is 0 Å². The summed E-state index contributed by atoms with van der Waals surface area (Å²) < 4.78 is 0. The first kappa shape index (κ1) is 21.0. The maximum Gasteiger partial charge on any atom is 0.0284 e. The van der Waals surface area contributed by atoms with Crippen molar-refractivity contribution in [2.24, 2.45) is 0 Å². The summed E-state index contributed by atoms with van der Waals surface area (Å²) in [5, 5.41) is 0. The molecule has 31 heavy (non-hydrogen) atoms. The number of benzene rings is 3. The van der Waals surface area contributed by atoms with E-state index in [2.05, 4.69) is 104 Å². The lowest BCUT2D eigenvalue weighted by Gasteiger charge is -2.27. The highest BCUT2D eigenvalue weighted by atomic mass is 14.3. The standard InChI is InChI=1S/C31H30/c1-3-4-6-25-13-15-27(16-14-25)19-21-30-22-20-28(23-31(30)29-7-5-8-29)18-17-26-11-9-24(2)10-12-26/h9-16,20,22-23,29H,3-8H2,1-2H3. The van der Waals surface area contributed by atoms with Crippen molar-refractivity contribution in [2.75, 3.05) is 0 Å². The van der Waals surface area contributed by atoms with Crippen molar-refractivity contribution in [3.63, 3.8) is 0 Å². The quantitative estimate of drug-likeness (QED) is 0.399. The fraction of sp³-hybridized carbons (Fsp3) is 0.290. The van der Waals surface area contributed by atoms with Crippen LogP contribution in [-0.2, 0) is 6.42 Å². The summed E-state index contributed by atoms with van der Waals surface area (Å²) in [5.41, 5.74) is 8.41. The first-order valence-corrected chi connectivity index (χ1v) is 11.5. The van der Waals surface area contributed by atoms with Crippen molar-refractivity contribution in [3.05, 3.63) is 106 Å². The molecular formula is C31H30. The largest absolute Gasteiger partial charge is 0.0654 e. The van der Waals surface area contributed by atoms with Crippen molar-refractivity contribution in [1.29, 1.82) is 0 Å². The molecule has 0 bridgehead atoms. The average molecular weight is 403 g/mol. The molecule has 1 fully saturated rings. The summed E-state index contributed by atoms with van der Waals surface area (Å²) in [7, 11) is 0. The second-order valence-electron chi connectivity index (χ2n) is 8.60. The van der Waals surface area contributed by atoms with E-state index in [1.165, 1.54) is 48.8 Å². The van der Waals surface area contributed by atoms with Gasteiger partial charge in [-0.05, 0) is 92.1 Å². The fourth-order valence-electron chi connectivity index (χ4n) is 3.87. The van der Waals surface area contributed by atoms with Gasteiger partial charge in [-0.15, -0.1) is 0 Å². The molecule has 3 aromatic rings. The molecule has 0 heterocycles. The Hall–Kier alpha value is -3.22. The molecule has 0 radical (unpaired) electrons. The zero-order chi connectivity index (χ0) is 21.5. The van der Waals surface area contributed by atoms with Crippen LogP contribution in [0.4, 0.5) is 0 Å². The summed E-state index contributed by atoms with van der Waals surface area (Å²) in [6.45, 7) is 4.33. The van der Waals surface area contributed by atoms with Crippen molar-refractivity contribution in [1.82, 2.24) is 0 Å². The molecule has 154 valence electrons. The SMILES string of the molecule is CCCCc1ccc(C#Cc2ccc(C#Cc3ccc(C)cc3)cc2C2CCC2)cc1. The molecule has 0 aromatic heterocycles. The van der Waals surface area contributed by atoms with E-state index in [0.29, 0.717) is 5.92 Å². The molecule has 0 N–H and O–H groups in total. The van der Waals surface area contributed by atoms with Crippen LogP contribution in [0.2, 0.25) is 0 Å². The molecule has 0 nitrogen and oxygen atoms in total. The van der Waals surface area contributed by atoms with Gasteiger partial charge in [-0.2, -0.15) is 0 Å². The predicted octanol–water partition coefficient (Wildman–Crippen LogP) is 7.40. The van der Waals surface area contributed by atoms with Gasteiger partial charge in [-0.25, -0.2) is 0 Å². The molecule has 0 spiro atoms. The summed E-state index contributed by atoms with van der Waals surface area (Å²) in [4.78, 5) is 0. The molecule has 4 rings (SSSR count). The van der Waals surface area contributed by atoms with Gasteiger partial charge in [-0.3, -0.25) is 0 Å². The Morgan fingerprint density at radius 2 is 1.35 bits per heavy atom. The Morgan fingerprint density at radius 1 is 0.742 bits per heavy atom. The zero-order valence-electron chi connectivity index (χ0n) is 18.7. The molecule has 0 heteroatoms. The van der Waals surface area contributed by atoms with Gasteiger partial charge in [0, 0.05) is 22.3 Å². The fourth-order valence-corrected chi connectivity index (χ4v) is 3.87. The van der Waals surface area contributed by atoms with Crippen molar-refractivity contribution < 1.29 is 0 Å². The summed E-state index contributed by atoms with van der Waals surface area (Å²) in [6.07, 6.45) is 7.47. The molecule has 0 saturated heterocycles. The summed E-state index contributed by atoms with van der Waals surface area (Å²) in [6, 6.07) is 23.7. The molecule has 1 aliphatic rings. The van der Waals surface area contributed by atoms with E-state index in [-0.39, 0.29) is 0 Å². The predicted molar refractivity (Wildman–Crippen MR) is 131 cm³/mol. The highest BCUT2D eigenvalue weighted by Crippen LogP contribution is 2.38. The van der Waals surface area contributed by atoms with E-state index in [1.54, 1.807) is 0 Å². The van der Waals surface area contributed by atoms with E-state index in [4.69, 9.17) is 0 Å². The van der Waals surface area contributed by atoms with Crippen LogP contribution in [0.3, 0.4) is 0 Å². The smallest absolute Gasteiger partial charge is 0.0284 e. The maximum absolute atomic E-state index is 3.45. The number of aryl methyl sites for hydroxylation is 2. The minimum absolute atomic E-state index is 0.627. The van der Waals surface area contributed by atoms with Crippen LogP contribution in [0.1, 0.15) is 83.9 Å². The van der Waals surface area contributed by atoms with Gasteiger partial charge in [0.25, 0.3) is 0 Å². The van der Waals surface area contributed by atoms with Crippen LogP contribution in [0.25, 0.3) is 0 Å². The lowest BCUT2D eigenvalue weighted by Crippen LogP contribution is -2.10. The van der Waals surface area contributed by atoms with E-state index >= 15 is 0 Å². The van der Waals surface area contributed by atoms with E-state index < -0.39 is 0 Å². The monoisotopic (exact) mass is 402 g/mol. The van der Waals surface area contributed by atoms with Gasteiger partial charge in [0.05, 0.1) is 0 Å². The average Bonchev–Trinajstić information content (AvgIpc) is 2.76. The number of unbranched alkanes of at least 4 members (excludes halogenated alkanes) is 1. The number of rotatable bonds is 4. The van der Waals surface area contributed by atoms with Crippen LogP contribution < -0.4 is 0 Å². The Kier molecular flexibility index (Phi) is 6.92. The molecule has 0 amide bonds. The molecule has 0 unspecified atom stereocenters. The van der Waals surface area contributed by atoms with Crippen LogP contribution in [0.15, 0.2) is 66.7 Å². The van der Waals surface area contributed by atoms with Gasteiger partial charge >= 0.3 is 0 Å². The minimum Gasteiger partial charge on any atom is -0.0654 e. The van der Waals surface area contributed by atoms with Gasteiger partial charge in [-0.1, -0.05) is 73.3 Å². The van der Waals surface area contributed by atoms with Crippen LogP contribution in [0, 0.1) is 30.6 Å². The van der Waals surface area contributed by atoms with Gasteiger partial charge in [0.15, 0.2) is 0 Å². The highest BCUT2D eigenvalue weighted by molar-refractivity contribution is 5.53. The Balaban J connectivity index is 1.56. The van der Waals surface area contributed by atoms with Crippen molar-refractivity contribution >= 4 is 0 Å². The zero-order valence-corrected chi connectivity index (χ0v) is 18.7. The number of hydrogen-bond acceptors (Lipinski definition) is 0. The first-order chi connectivity index (χ1) is 15.2. The third-order valence-electron chi connectivity index (χ3n) is 6.11. The third kappa shape index (κ3) is 5.69. The molecule has 1 saturated carbocycles. The minimum atomic E-state index is 0.627. The van der Waals surface area contributed by atoms with E-state index in [1.807, 2.05) is 0 Å². The van der Waals surface area contributed by atoms with E-state index in [9.17, 15) is 0 Å². The number of hydrogen-bond donors (Lipinski definition) is 0. The lowest BCUT2D eigenvalue weighted by atomic mass is 9.78. The van der Waals surface area contributed by atoms with Crippen molar-refractivity contribution in [2.45, 2.75) is 58.3 Å². The topological polar surface area (TPSA) is 0 Å². The second kappa shape index (κ2) is 10.2. The molecule has 0 atom stereocenters. The summed E-state index contributed by atoms with van der Waals surface area (Å²) >= 11 is 0. The lowest BCUT2D eigenvalue weighted by molar-refractivity contribution is 0.419. The Bertz CT molecular complexity index is 1140. The Labute approximate surface area is 187 Å². The maximum atomic E-state index is 3.45.